The van der Waals surface area contributed by atoms with Gasteiger partial charge in [-0.3, -0.25) is 4.79 Å². The van der Waals surface area contributed by atoms with Crippen LogP contribution in [0.4, 0.5) is 10.8 Å². The van der Waals surface area contributed by atoms with Gasteiger partial charge in [0.15, 0.2) is 5.13 Å². The average molecular weight is 433 g/mol. The van der Waals surface area contributed by atoms with Crippen LogP contribution in [0.2, 0.25) is 14.4 Å². The van der Waals surface area contributed by atoms with Crippen LogP contribution in [0, 0.1) is 0 Å². The molecule has 1 aromatic carbocycles. The zero-order valence-corrected chi connectivity index (χ0v) is 16.0. The first-order valence-corrected chi connectivity index (χ1v) is 9.63. The van der Waals surface area contributed by atoms with E-state index in [1.807, 2.05) is 0 Å². The maximum absolute atomic E-state index is 12.7. The Morgan fingerprint density at radius 1 is 1.20 bits per heavy atom. The molecule has 10 heteroatoms. The fourth-order valence-corrected chi connectivity index (χ4v) is 5.32. The molecule has 0 fully saturated rings. The number of hydrogen-bond donors (Lipinski definition) is 3. The minimum Gasteiger partial charge on any atom is -0.375 e. The van der Waals surface area contributed by atoms with E-state index in [9.17, 15) is 9.90 Å². The van der Waals surface area contributed by atoms with Gasteiger partial charge in [0.25, 0.3) is 5.91 Å². The summed E-state index contributed by atoms with van der Waals surface area (Å²) < 4.78 is 0.557. The van der Waals surface area contributed by atoms with E-state index in [1.54, 1.807) is 12.1 Å². The van der Waals surface area contributed by atoms with Gasteiger partial charge in [-0.15, -0.1) is 11.3 Å². The summed E-state index contributed by atoms with van der Waals surface area (Å²) in [5.41, 5.74) is 4.85. The minimum absolute atomic E-state index is 0.220. The number of anilines is 2. The number of nitrogens with zero attached hydrogens (tertiary/aromatic N) is 1. The summed E-state index contributed by atoms with van der Waals surface area (Å²) >= 11 is 20.5. The lowest BCUT2D eigenvalue weighted by Crippen LogP contribution is -2.35. The first-order chi connectivity index (χ1) is 11.8. The number of halogens is 3. The Labute approximate surface area is 165 Å². The van der Waals surface area contributed by atoms with Crippen molar-refractivity contribution in [1.29, 1.82) is 0 Å². The second-order valence-electron chi connectivity index (χ2n) is 5.31. The number of aromatic nitrogens is 1. The zero-order valence-electron chi connectivity index (χ0n) is 12.1. The van der Waals surface area contributed by atoms with Gasteiger partial charge >= 0.3 is 0 Å². The van der Waals surface area contributed by atoms with E-state index < -0.39 is 11.5 Å². The third-order valence-corrected chi connectivity index (χ3v) is 6.54. The molecule has 0 aliphatic carbocycles. The molecule has 3 heterocycles. The quantitative estimate of drug-likeness (QED) is 0.552. The van der Waals surface area contributed by atoms with Gasteiger partial charge in [-0.25, -0.2) is 4.98 Å². The number of nitrogen functional groups attached to an aromatic ring is 1. The van der Waals surface area contributed by atoms with Crippen molar-refractivity contribution in [3.05, 3.63) is 49.1 Å². The number of nitrogens with one attached hydrogen (secondary N) is 1. The monoisotopic (exact) mass is 431 g/mol. The number of amides is 1. The summed E-state index contributed by atoms with van der Waals surface area (Å²) in [4.78, 5) is 17.9. The van der Waals surface area contributed by atoms with Crippen molar-refractivity contribution in [2.45, 2.75) is 5.60 Å². The normalized spacial score (nSPS) is 19.1. The molecule has 0 saturated heterocycles. The summed E-state index contributed by atoms with van der Waals surface area (Å²) in [5, 5.41) is 14.7. The van der Waals surface area contributed by atoms with Crippen LogP contribution in [0.5, 0.6) is 0 Å². The van der Waals surface area contributed by atoms with Gasteiger partial charge in [-0.2, -0.15) is 0 Å². The topological polar surface area (TPSA) is 88.2 Å². The lowest BCUT2D eigenvalue weighted by Gasteiger charge is -2.20. The zero-order chi connectivity index (χ0) is 17.9. The van der Waals surface area contributed by atoms with Crippen molar-refractivity contribution < 1.29 is 9.90 Å². The summed E-state index contributed by atoms with van der Waals surface area (Å²) in [6, 6.07) is 6.46. The Kier molecular flexibility index (Phi) is 3.99. The number of aliphatic hydroxyl groups is 1. The van der Waals surface area contributed by atoms with E-state index >= 15 is 0 Å². The van der Waals surface area contributed by atoms with Crippen LogP contribution >= 0.6 is 57.5 Å². The molecule has 0 bridgehead atoms. The van der Waals surface area contributed by atoms with Crippen LogP contribution in [-0.4, -0.2) is 16.0 Å². The Bertz CT molecular complexity index is 1030. The highest BCUT2D eigenvalue weighted by Gasteiger charge is 2.51. The molecule has 2 aromatic heterocycles. The van der Waals surface area contributed by atoms with E-state index in [1.165, 1.54) is 23.5 Å². The third-order valence-electron chi connectivity index (χ3n) is 3.79. The first kappa shape index (κ1) is 17.1. The molecular formula is C15H8Cl3N3O2S2. The van der Waals surface area contributed by atoms with Crippen molar-refractivity contribution in [3.63, 3.8) is 0 Å². The second kappa shape index (κ2) is 5.84. The van der Waals surface area contributed by atoms with Crippen molar-refractivity contribution >= 4 is 74.2 Å². The van der Waals surface area contributed by atoms with Crippen LogP contribution in [0.3, 0.4) is 0 Å². The highest BCUT2D eigenvalue weighted by Crippen LogP contribution is 2.50. The van der Waals surface area contributed by atoms with E-state index in [-0.39, 0.29) is 20.6 Å². The fourth-order valence-electron chi connectivity index (χ4n) is 2.73. The van der Waals surface area contributed by atoms with Crippen LogP contribution in [0.25, 0.3) is 10.6 Å². The molecule has 1 aliphatic rings. The lowest BCUT2D eigenvalue weighted by molar-refractivity contribution is -0.129. The van der Waals surface area contributed by atoms with Crippen molar-refractivity contribution in [3.8, 4) is 10.6 Å². The maximum atomic E-state index is 12.7. The Balaban J connectivity index is 1.99. The average Bonchev–Trinajstić information content (AvgIpc) is 3.20. The molecule has 0 saturated carbocycles. The molecule has 128 valence electrons. The number of rotatable bonds is 2. The summed E-state index contributed by atoms with van der Waals surface area (Å²) in [5.74, 6) is -0.640. The van der Waals surface area contributed by atoms with E-state index in [4.69, 9.17) is 40.5 Å². The number of fused-ring (bicyclic) bond motifs is 1. The Morgan fingerprint density at radius 2 is 1.96 bits per heavy atom. The number of nitrogens with two attached hydrogens (primary N) is 1. The van der Waals surface area contributed by atoms with E-state index in [0.29, 0.717) is 25.6 Å². The number of thiazole rings is 1. The fraction of sp³-hybridized carbons (Fsp3) is 0.0667. The summed E-state index contributed by atoms with van der Waals surface area (Å²) in [6.07, 6.45) is 0. The van der Waals surface area contributed by atoms with E-state index in [0.717, 1.165) is 11.3 Å². The number of benzene rings is 1. The van der Waals surface area contributed by atoms with Crippen molar-refractivity contribution in [1.82, 2.24) is 4.98 Å². The third kappa shape index (κ3) is 2.54. The lowest BCUT2D eigenvalue weighted by atomic mass is 9.92. The predicted molar refractivity (Wildman–Crippen MR) is 103 cm³/mol. The summed E-state index contributed by atoms with van der Waals surface area (Å²) in [6.45, 7) is 0. The Morgan fingerprint density at radius 3 is 2.64 bits per heavy atom. The van der Waals surface area contributed by atoms with Crippen LogP contribution < -0.4 is 11.1 Å². The molecule has 4 rings (SSSR count). The van der Waals surface area contributed by atoms with Gasteiger partial charge in [0, 0.05) is 10.6 Å². The maximum Gasteiger partial charge on any atom is 0.266 e. The molecule has 25 heavy (non-hydrogen) atoms. The predicted octanol–water partition coefficient (Wildman–Crippen LogP) is 4.60. The minimum atomic E-state index is -2.00. The molecule has 4 N–H and O–H groups in total. The molecule has 1 atom stereocenters. The van der Waals surface area contributed by atoms with Gasteiger partial charge in [0.2, 0.25) is 5.60 Å². The molecule has 3 aromatic rings. The molecule has 0 spiro atoms. The molecule has 0 unspecified atom stereocenters. The highest BCUT2D eigenvalue weighted by molar-refractivity contribution is 7.20. The molecule has 1 aliphatic heterocycles. The summed E-state index contributed by atoms with van der Waals surface area (Å²) in [7, 11) is 0. The van der Waals surface area contributed by atoms with Crippen LogP contribution in [-0.2, 0) is 10.4 Å². The standard InChI is InChI=1S/C15H8Cl3N3O2S2/c16-5-3-6-10(7(17)4-5)20-13(22)15(6,23)12-11(21-14(19)25-12)8-1-2-9(18)24-8/h1-4,23H,(H2,19,21)(H,20,22)/t15-/m0/s1. The number of thiophene rings is 1. The smallest absolute Gasteiger partial charge is 0.266 e. The van der Waals surface area contributed by atoms with Crippen molar-refractivity contribution in [2.75, 3.05) is 11.1 Å². The van der Waals surface area contributed by atoms with Gasteiger partial charge in [-0.05, 0) is 24.3 Å². The van der Waals surface area contributed by atoms with Gasteiger partial charge < -0.3 is 16.2 Å². The molecule has 1 amide bonds. The SMILES string of the molecule is Nc1nc(-c2ccc(Cl)s2)c([C@]2(O)C(=O)Nc3c(Cl)cc(Cl)cc32)s1. The van der Waals surface area contributed by atoms with E-state index in [2.05, 4.69) is 10.3 Å². The largest absolute Gasteiger partial charge is 0.375 e. The molecular weight excluding hydrogens is 425 g/mol. The Hall–Kier alpha value is -1.35. The first-order valence-electron chi connectivity index (χ1n) is 6.86. The number of carbonyl (C=O) groups is 1. The van der Waals surface area contributed by atoms with Crippen molar-refractivity contribution in [2.24, 2.45) is 0 Å². The van der Waals surface area contributed by atoms with Gasteiger partial charge in [0.1, 0.15) is 5.69 Å². The number of hydrogen-bond acceptors (Lipinski definition) is 6. The second-order valence-corrected chi connectivity index (χ2v) is 8.90. The number of carbonyl (C=O) groups excluding carboxylic acids is 1. The van der Waals surface area contributed by atoms with Crippen LogP contribution in [0.15, 0.2) is 24.3 Å². The van der Waals surface area contributed by atoms with Gasteiger partial charge in [-0.1, -0.05) is 46.1 Å². The molecule has 5 nitrogen and oxygen atoms in total. The molecule has 0 radical (unpaired) electrons. The highest BCUT2D eigenvalue weighted by atomic mass is 35.5. The van der Waals surface area contributed by atoms with Crippen LogP contribution in [0.1, 0.15) is 10.4 Å². The van der Waals surface area contributed by atoms with Gasteiger partial charge in [0.05, 0.1) is 24.8 Å².